The van der Waals surface area contributed by atoms with Crippen LogP contribution in [0.2, 0.25) is 0 Å². The zero-order chi connectivity index (χ0) is 12.5. The van der Waals surface area contributed by atoms with E-state index in [1.165, 1.54) is 0 Å². The second-order valence-corrected chi connectivity index (χ2v) is 5.50. The van der Waals surface area contributed by atoms with Crippen molar-refractivity contribution in [3.63, 3.8) is 0 Å². The Morgan fingerprint density at radius 2 is 2.33 bits per heavy atom. The number of aryl methyl sites for hydroxylation is 1. The maximum absolute atomic E-state index is 5.38. The molecule has 1 saturated heterocycles. The number of hydrogen-bond donors (Lipinski definition) is 1. The Morgan fingerprint density at radius 3 is 3.06 bits per heavy atom. The predicted molar refractivity (Wildman–Crippen MR) is 69.7 cm³/mol. The molecule has 0 aromatic carbocycles. The smallest absolute Gasteiger partial charge is 0.238 e. The number of nitrogens with one attached hydrogen (secondary N) is 1. The highest BCUT2D eigenvalue weighted by molar-refractivity contribution is 7.99. The number of thioether (sulfide) groups is 1. The van der Waals surface area contributed by atoms with Gasteiger partial charge in [0.1, 0.15) is 0 Å². The van der Waals surface area contributed by atoms with Gasteiger partial charge in [-0.2, -0.15) is 16.7 Å². The van der Waals surface area contributed by atoms with E-state index in [0.29, 0.717) is 23.5 Å². The van der Waals surface area contributed by atoms with Gasteiger partial charge < -0.3 is 14.3 Å². The van der Waals surface area contributed by atoms with Gasteiger partial charge in [-0.15, -0.1) is 0 Å². The van der Waals surface area contributed by atoms with E-state index in [1.54, 1.807) is 6.26 Å². The van der Waals surface area contributed by atoms with Gasteiger partial charge in [0.05, 0.1) is 12.2 Å². The molecule has 0 bridgehead atoms. The third-order valence-electron chi connectivity index (χ3n) is 3.28. The number of aromatic nitrogens is 2. The summed E-state index contributed by atoms with van der Waals surface area (Å²) in [6.45, 7) is 1.97. The summed E-state index contributed by atoms with van der Waals surface area (Å²) in [5.74, 6) is 4.32. The minimum absolute atomic E-state index is 0.288. The summed E-state index contributed by atoms with van der Waals surface area (Å²) >= 11 is 1.91. The van der Waals surface area contributed by atoms with Crippen molar-refractivity contribution < 1.29 is 8.94 Å². The molecule has 1 N–H and O–H groups in total. The molecule has 2 atom stereocenters. The van der Waals surface area contributed by atoms with Crippen LogP contribution >= 0.6 is 11.8 Å². The van der Waals surface area contributed by atoms with E-state index >= 15 is 0 Å². The van der Waals surface area contributed by atoms with Crippen molar-refractivity contribution in [1.82, 2.24) is 15.5 Å². The second-order valence-electron chi connectivity index (χ2n) is 4.43. The predicted octanol–water partition coefficient (Wildman–Crippen LogP) is 2.06. The van der Waals surface area contributed by atoms with Gasteiger partial charge in [0.25, 0.3) is 0 Å². The number of nitrogens with zero attached hydrogens (tertiary/aromatic N) is 2. The zero-order valence-electron chi connectivity index (χ0n) is 10.3. The molecule has 3 heterocycles. The molecule has 18 heavy (non-hydrogen) atoms. The topological polar surface area (TPSA) is 64.1 Å². The van der Waals surface area contributed by atoms with E-state index in [0.717, 1.165) is 17.1 Å². The van der Waals surface area contributed by atoms with Crippen LogP contribution in [0.15, 0.2) is 21.3 Å². The molecule has 2 aromatic heterocycles. The van der Waals surface area contributed by atoms with Gasteiger partial charge in [-0.25, -0.2) is 0 Å². The lowest BCUT2D eigenvalue weighted by Crippen LogP contribution is -2.31. The van der Waals surface area contributed by atoms with Crippen molar-refractivity contribution in [2.45, 2.75) is 18.9 Å². The normalized spacial score (nSPS) is 23.7. The average molecular weight is 265 g/mol. The number of rotatable bonds is 3. The lowest BCUT2D eigenvalue weighted by molar-refractivity contribution is 0.343. The molecule has 0 spiro atoms. The van der Waals surface area contributed by atoms with E-state index < -0.39 is 0 Å². The minimum atomic E-state index is 0.288. The standard InChI is InChI=1S/C12H15N3O2S/c1-7-3-4-16-10(7)11-14-12(17-15-11)8-5-18-6-9(8)13-2/h3-4,8-9,13H,5-6H2,1-2H3. The number of likely N-dealkylation sites (N-methyl/N-ethyl adjacent to an activating group) is 1. The molecule has 3 rings (SSSR count). The fraction of sp³-hybridized carbons (Fsp3) is 0.500. The summed E-state index contributed by atoms with van der Waals surface area (Å²) in [5.41, 5.74) is 1.02. The van der Waals surface area contributed by atoms with Crippen LogP contribution < -0.4 is 5.32 Å². The maximum Gasteiger partial charge on any atom is 0.238 e. The molecular formula is C12H15N3O2S. The second kappa shape index (κ2) is 4.78. The first-order valence-corrected chi connectivity index (χ1v) is 7.08. The number of hydrogen-bond acceptors (Lipinski definition) is 6. The van der Waals surface area contributed by atoms with Gasteiger partial charge in [-0.3, -0.25) is 0 Å². The summed E-state index contributed by atoms with van der Waals surface area (Å²) in [5, 5.41) is 7.31. The Bertz CT molecular complexity index is 537. The molecule has 2 aromatic rings. The number of furan rings is 1. The van der Waals surface area contributed by atoms with E-state index in [9.17, 15) is 0 Å². The Kier molecular flexibility index (Phi) is 3.13. The van der Waals surface area contributed by atoms with Gasteiger partial charge in [0, 0.05) is 17.5 Å². The van der Waals surface area contributed by atoms with E-state index in [2.05, 4.69) is 15.5 Å². The van der Waals surface area contributed by atoms with Gasteiger partial charge in [-0.1, -0.05) is 5.16 Å². The molecule has 0 radical (unpaired) electrons. The van der Waals surface area contributed by atoms with E-state index in [1.807, 2.05) is 31.8 Å². The third kappa shape index (κ3) is 1.95. The van der Waals surface area contributed by atoms with Gasteiger partial charge in [-0.05, 0) is 25.6 Å². The van der Waals surface area contributed by atoms with Crippen molar-refractivity contribution >= 4 is 11.8 Å². The Hall–Kier alpha value is -1.27. The largest absolute Gasteiger partial charge is 0.461 e. The maximum atomic E-state index is 5.38. The lowest BCUT2D eigenvalue weighted by Gasteiger charge is -2.13. The molecule has 0 amide bonds. The first-order chi connectivity index (χ1) is 8.79. The first-order valence-electron chi connectivity index (χ1n) is 5.92. The van der Waals surface area contributed by atoms with Gasteiger partial charge in [0.15, 0.2) is 5.76 Å². The summed E-state index contributed by atoms with van der Waals surface area (Å²) in [6, 6.07) is 2.30. The van der Waals surface area contributed by atoms with E-state index in [4.69, 9.17) is 8.94 Å². The molecular weight excluding hydrogens is 250 g/mol. The zero-order valence-corrected chi connectivity index (χ0v) is 11.2. The molecule has 0 saturated carbocycles. The quantitative estimate of drug-likeness (QED) is 0.916. The first kappa shape index (κ1) is 11.8. The summed E-state index contributed by atoms with van der Waals surface area (Å²) in [4.78, 5) is 4.47. The molecule has 0 aliphatic carbocycles. The van der Waals surface area contributed by atoms with Crippen molar-refractivity contribution in [2.24, 2.45) is 0 Å². The van der Waals surface area contributed by atoms with Crippen LogP contribution in [0.25, 0.3) is 11.6 Å². The fourth-order valence-corrected chi connectivity index (χ4v) is 3.58. The Labute approximate surface area is 109 Å². The highest BCUT2D eigenvalue weighted by atomic mass is 32.2. The van der Waals surface area contributed by atoms with Crippen LogP contribution in [-0.2, 0) is 0 Å². The summed E-state index contributed by atoms with van der Waals surface area (Å²) in [6.07, 6.45) is 1.64. The van der Waals surface area contributed by atoms with Gasteiger partial charge >= 0.3 is 0 Å². The molecule has 2 unspecified atom stereocenters. The van der Waals surface area contributed by atoms with E-state index in [-0.39, 0.29) is 5.92 Å². The lowest BCUT2D eigenvalue weighted by atomic mass is 10.0. The monoisotopic (exact) mass is 265 g/mol. The summed E-state index contributed by atoms with van der Waals surface area (Å²) in [7, 11) is 1.97. The molecule has 1 fully saturated rings. The van der Waals surface area contributed by atoms with Crippen LogP contribution in [0, 0.1) is 6.92 Å². The SMILES string of the molecule is CNC1CSCC1c1nc(-c2occc2C)no1. The molecule has 96 valence electrons. The van der Waals surface area contributed by atoms with Crippen molar-refractivity contribution in [3.8, 4) is 11.6 Å². The van der Waals surface area contributed by atoms with Crippen LogP contribution in [0.4, 0.5) is 0 Å². The summed E-state index contributed by atoms with van der Waals surface area (Å²) < 4.78 is 10.8. The van der Waals surface area contributed by atoms with Crippen molar-refractivity contribution in [1.29, 1.82) is 0 Å². The molecule has 1 aliphatic heterocycles. The molecule has 1 aliphatic rings. The highest BCUT2D eigenvalue weighted by Crippen LogP contribution is 2.33. The van der Waals surface area contributed by atoms with Crippen LogP contribution in [0.1, 0.15) is 17.4 Å². The van der Waals surface area contributed by atoms with Crippen molar-refractivity contribution in [2.75, 3.05) is 18.6 Å². The van der Waals surface area contributed by atoms with Gasteiger partial charge in [0.2, 0.25) is 11.7 Å². The molecule has 6 heteroatoms. The van der Waals surface area contributed by atoms with Crippen LogP contribution in [0.3, 0.4) is 0 Å². The van der Waals surface area contributed by atoms with Crippen molar-refractivity contribution in [3.05, 3.63) is 23.8 Å². The Balaban J connectivity index is 1.88. The fourth-order valence-electron chi connectivity index (χ4n) is 2.16. The third-order valence-corrected chi connectivity index (χ3v) is 4.47. The average Bonchev–Trinajstić information content (AvgIpc) is 3.06. The minimum Gasteiger partial charge on any atom is -0.461 e. The highest BCUT2D eigenvalue weighted by Gasteiger charge is 2.32. The Morgan fingerprint density at radius 1 is 1.44 bits per heavy atom. The molecule has 5 nitrogen and oxygen atoms in total. The van der Waals surface area contributed by atoms with Crippen LogP contribution in [-0.4, -0.2) is 34.7 Å². The van der Waals surface area contributed by atoms with Crippen LogP contribution in [0.5, 0.6) is 0 Å².